The minimum atomic E-state index is -3.79. The van der Waals surface area contributed by atoms with E-state index in [1.165, 1.54) is 36.9 Å². The van der Waals surface area contributed by atoms with E-state index in [4.69, 9.17) is 0 Å². The Morgan fingerprint density at radius 3 is 2.46 bits per heavy atom. The van der Waals surface area contributed by atoms with Crippen LogP contribution in [0.5, 0.6) is 0 Å². The number of rotatable bonds is 5. The fourth-order valence-corrected chi connectivity index (χ4v) is 4.26. The van der Waals surface area contributed by atoms with Crippen molar-refractivity contribution >= 4 is 16.0 Å². The number of ether oxygens (including phenoxy) is 1. The van der Waals surface area contributed by atoms with Crippen molar-refractivity contribution in [2.24, 2.45) is 0 Å². The Hall–Kier alpha value is -2.22. The third-order valence-corrected chi connectivity index (χ3v) is 6.09. The van der Waals surface area contributed by atoms with E-state index < -0.39 is 21.6 Å². The molecule has 1 atom stereocenters. The summed E-state index contributed by atoms with van der Waals surface area (Å²) in [5, 5.41) is 10.8. The summed E-state index contributed by atoms with van der Waals surface area (Å²) in [6.45, 7) is -0.0670. The van der Waals surface area contributed by atoms with Gasteiger partial charge in [-0.25, -0.2) is 17.9 Å². The monoisotopic (exact) mass is 375 g/mol. The van der Waals surface area contributed by atoms with E-state index in [0.29, 0.717) is 19.3 Å². The number of benzene rings is 2. The quantitative estimate of drug-likeness (QED) is 0.776. The summed E-state index contributed by atoms with van der Waals surface area (Å²) in [6, 6.07) is 13.3. The van der Waals surface area contributed by atoms with Gasteiger partial charge in [0.1, 0.15) is 0 Å². The van der Waals surface area contributed by atoms with Gasteiger partial charge in [0, 0.05) is 13.0 Å². The molecule has 138 valence electrons. The SMILES string of the molecule is COC(=O)c1ccc(S(=O)(=O)NCC2(O)CCc3ccccc3C2)cc1. The summed E-state index contributed by atoms with van der Waals surface area (Å²) >= 11 is 0. The molecule has 0 fully saturated rings. The predicted molar refractivity (Wildman–Crippen MR) is 96.4 cm³/mol. The highest BCUT2D eigenvalue weighted by Gasteiger charge is 2.33. The number of methoxy groups -OCH3 is 1. The molecule has 0 aliphatic heterocycles. The Kier molecular flexibility index (Phi) is 5.13. The average Bonchev–Trinajstić information content (AvgIpc) is 2.66. The molecule has 1 aliphatic carbocycles. The lowest BCUT2D eigenvalue weighted by molar-refractivity contribution is 0.0317. The van der Waals surface area contributed by atoms with Crippen molar-refractivity contribution in [3.63, 3.8) is 0 Å². The fraction of sp³-hybridized carbons (Fsp3) is 0.316. The molecular weight excluding hydrogens is 354 g/mol. The third-order valence-electron chi connectivity index (χ3n) is 4.67. The first-order valence-corrected chi connectivity index (χ1v) is 9.78. The summed E-state index contributed by atoms with van der Waals surface area (Å²) in [5.41, 5.74) is 1.39. The molecule has 0 spiro atoms. The molecule has 2 aromatic rings. The highest BCUT2D eigenvalue weighted by atomic mass is 32.2. The van der Waals surface area contributed by atoms with Crippen molar-refractivity contribution in [2.75, 3.05) is 13.7 Å². The standard InChI is InChI=1S/C19H21NO5S/c1-25-18(21)15-6-8-17(9-7-15)26(23,24)20-13-19(22)11-10-14-4-2-3-5-16(14)12-19/h2-9,20,22H,10-13H2,1H3. The summed E-state index contributed by atoms with van der Waals surface area (Å²) < 4.78 is 32.0. The number of aryl methyl sites for hydroxylation is 1. The molecule has 7 heteroatoms. The summed E-state index contributed by atoms with van der Waals surface area (Å²) in [4.78, 5) is 11.5. The van der Waals surface area contributed by atoms with Crippen molar-refractivity contribution in [3.8, 4) is 0 Å². The minimum absolute atomic E-state index is 0.0324. The smallest absolute Gasteiger partial charge is 0.337 e. The van der Waals surface area contributed by atoms with Gasteiger partial charge in [-0.1, -0.05) is 24.3 Å². The number of aliphatic hydroxyl groups is 1. The van der Waals surface area contributed by atoms with Crippen molar-refractivity contribution in [1.29, 1.82) is 0 Å². The van der Waals surface area contributed by atoms with Gasteiger partial charge in [0.25, 0.3) is 0 Å². The Labute approximate surface area is 152 Å². The molecule has 26 heavy (non-hydrogen) atoms. The van der Waals surface area contributed by atoms with Crippen LogP contribution in [-0.2, 0) is 27.6 Å². The highest BCUT2D eigenvalue weighted by molar-refractivity contribution is 7.89. The van der Waals surface area contributed by atoms with Gasteiger partial charge in [0.2, 0.25) is 10.0 Å². The summed E-state index contributed by atoms with van der Waals surface area (Å²) in [7, 11) is -2.52. The van der Waals surface area contributed by atoms with Crippen LogP contribution in [0.4, 0.5) is 0 Å². The first kappa shape index (κ1) is 18.6. The van der Waals surface area contributed by atoms with Gasteiger partial charge in [0.15, 0.2) is 0 Å². The maximum atomic E-state index is 12.5. The maximum Gasteiger partial charge on any atom is 0.337 e. The molecule has 0 bridgehead atoms. The zero-order valence-corrected chi connectivity index (χ0v) is 15.3. The van der Waals surface area contributed by atoms with Crippen molar-refractivity contribution in [2.45, 2.75) is 29.8 Å². The molecule has 2 aromatic carbocycles. The van der Waals surface area contributed by atoms with Crippen LogP contribution >= 0.6 is 0 Å². The first-order valence-electron chi connectivity index (χ1n) is 8.30. The number of carbonyl (C=O) groups excluding carboxylic acids is 1. The molecule has 0 aromatic heterocycles. The van der Waals surface area contributed by atoms with Crippen molar-refractivity contribution in [3.05, 3.63) is 65.2 Å². The molecule has 0 saturated carbocycles. The zero-order chi connectivity index (χ0) is 18.8. The van der Waals surface area contributed by atoms with Gasteiger partial charge in [-0.2, -0.15) is 0 Å². The number of esters is 1. The molecule has 1 aliphatic rings. The normalized spacial score (nSPS) is 19.6. The Bertz CT molecular complexity index is 908. The minimum Gasteiger partial charge on any atom is -0.465 e. The number of fused-ring (bicyclic) bond motifs is 1. The van der Waals surface area contributed by atoms with Gasteiger partial charge in [0.05, 0.1) is 23.2 Å². The van der Waals surface area contributed by atoms with Crippen LogP contribution in [0.25, 0.3) is 0 Å². The Morgan fingerprint density at radius 2 is 1.81 bits per heavy atom. The van der Waals surface area contributed by atoms with Gasteiger partial charge in [-0.05, 0) is 48.2 Å². The van der Waals surface area contributed by atoms with E-state index in [1.54, 1.807) is 0 Å². The van der Waals surface area contributed by atoms with E-state index >= 15 is 0 Å². The predicted octanol–water partition coefficient (Wildman–Crippen LogP) is 1.67. The van der Waals surface area contributed by atoms with E-state index in [-0.39, 0.29) is 17.0 Å². The molecule has 0 amide bonds. The van der Waals surface area contributed by atoms with Crippen LogP contribution in [0, 0.1) is 0 Å². The lowest BCUT2D eigenvalue weighted by Crippen LogP contribution is -2.46. The van der Waals surface area contributed by atoms with Crippen molar-refractivity contribution < 1.29 is 23.1 Å². The fourth-order valence-electron chi connectivity index (χ4n) is 3.14. The van der Waals surface area contributed by atoms with Gasteiger partial charge in [-0.15, -0.1) is 0 Å². The number of nitrogens with one attached hydrogen (secondary N) is 1. The second-order valence-corrected chi connectivity index (χ2v) is 8.28. The second-order valence-electron chi connectivity index (χ2n) is 6.51. The van der Waals surface area contributed by atoms with Crippen LogP contribution in [0.1, 0.15) is 27.9 Å². The zero-order valence-electron chi connectivity index (χ0n) is 14.4. The van der Waals surface area contributed by atoms with E-state index in [1.807, 2.05) is 24.3 Å². The second kappa shape index (κ2) is 7.19. The lowest BCUT2D eigenvalue weighted by Gasteiger charge is -2.33. The van der Waals surface area contributed by atoms with Gasteiger partial charge in [-0.3, -0.25) is 0 Å². The highest BCUT2D eigenvalue weighted by Crippen LogP contribution is 2.28. The van der Waals surface area contributed by atoms with Gasteiger partial charge >= 0.3 is 5.97 Å². The first-order chi connectivity index (χ1) is 12.3. The molecule has 0 radical (unpaired) electrons. The van der Waals surface area contributed by atoms with Crippen LogP contribution in [0.2, 0.25) is 0 Å². The molecule has 3 rings (SSSR count). The third kappa shape index (κ3) is 3.95. The summed E-state index contributed by atoms with van der Waals surface area (Å²) in [6.07, 6.45) is 1.61. The van der Waals surface area contributed by atoms with E-state index in [2.05, 4.69) is 9.46 Å². The molecular formula is C19H21NO5S. The van der Waals surface area contributed by atoms with Crippen LogP contribution in [0.3, 0.4) is 0 Å². The maximum absolute atomic E-state index is 12.5. The van der Waals surface area contributed by atoms with E-state index in [0.717, 1.165) is 5.56 Å². The lowest BCUT2D eigenvalue weighted by atomic mass is 9.80. The number of carbonyl (C=O) groups is 1. The topological polar surface area (TPSA) is 92.7 Å². The average molecular weight is 375 g/mol. The molecule has 1 unspecified atom stereocenters. The number of hydrogen-bond donors (Lipinski definition) is 2. The molecule has 0 heterocycles. The Morgan fingerprint density at radius 1 is 1.15 bits per heavy atom. The molecule has 0 saturated heterocycles. The van der Waals surface area contributed by atoms with Crippen LogP contribution < -0.4 is 4.72 Å². The van der Waals surface area contributed by atoms with Crippen molar-refractivity contribution in [1.82, 2.24) is 4.72 Å². The number of hydrogen-bond acceptors (Lipinski definition) is 5. The summed E-state index contributed by atoms with van der Waals surface area (Å²) in [5.74, 6) is -0.530. The van der Waals surface area contributed by atoms with Gasteiger partial charge < -0.3 is 9.84 Å². The molecule has 2 N–H and O–H groups in total. The largest absolute Gasteiger partial charge is 0.465 e. The number of sulfonamides is 1. The van der Waals surface area contributed by atoms with E-state index in [9.17, 15) is 18.3 Å². The van der Waals surface area contributed by atoms with Crippen LogP contribution in [0.15, 0.2) is 53.4 Å². The Balaban J connectivity index is 1.69. The molecule has 6 nitrogen and oxygen atoms in total. The van der Waals surface area contributed by atoms with Crippen LogP contribution in [-0.4, -0.2) is 38.7 Å².